The third-order valence-electron chi connectivity index (χ3n) is 8.57. The monoisotopic (exact) mass is 548 g/mol. The number of likely N-dealkylation sites (tertiary alicyclic amines) is 1. The van der Waals surface area contributed by atoms with Gasteiger partial charge in [-0.1, -0.05) is 50.8 Å². The number of halogens is 1. The van der Waals surface area contributed by atoms with Crippen molar-refractivity contribution in [2.24, 2.45) is 0 Å². The minimum Gasteiger partial charge on any atom is -0.390 e. The fraction of sp³-hybridized carbons (Fsp3) is 0.690. The summed E-state index contributed by atoms with van der Waals surface area (Å²) in [5.41, 5.74) is -0.987. The number of benzene rings is 1. The van der Waals surface area contributed by atoms with Gasteiger partial charge in [0.25, 0.3) is 5.91 Å². The van der Waals surface area contributed by atoms with Crippen molar-refractivity contribution in [3.63, 3.8) is 0 Å². The van der Waals surface area contributed by atoms with Gasteiger partial charge in [0.05, 0.1) is 5.60 Å². The molecule has 1 saturated carbocycles. The topological polar surface area (TPSA) is 102 Å². The zero-order valence-electron chi connectivity index (χ0n) is 22.8. The molecule has 3 amide bonds. The Morgan fingerprint density at radius 3 is 2.37 bits per heavy atom. The largest absolute Gasteiger partial charge is 0.390 e. The lowest BCUT2D eigenvalue weighted by Gasteiger charge is -2.52. The summed E-state index contributed by atoms with van der Waals surface area (Å²) in [4.78, 5) is 43.7. The van der Waals surface area contributed by atoms with E-state index in [2.05, 4.69) is 22.5 Å². The quantitative estimate of drug-likeness (QED) is 0.389. The van der Waals surface area contributed by atoms with Gasteiger partial charge in [-0.25, -0.2) is 0 Å². The van der Waals surface area contributed by atoms with E-state index >= 15 is 0 Å². The molecule has 1 aromatic rings. The molecule has 212 valence electrons. The maximum atomic E-state index is 13.7. The Hall–Kier alpha value is -2.16. The van der Waals surface area contributed by atoms with Crippen LogP contribution >= 0.6 is 12.4 Å². The number of carbonyl (C=O) groups excluding carboxylic acids is 3. The van der Waals surface area contributed by atoms with Crippen LogP contribution in [0.25, 0.3) is 0 Å². The Balaban J connectivity index is 0.00000400. The number of piperidine rings is 1. The van der Waals surface area contributed by atoms with Crippen LogP contribution in [-0.2, 0) is 9.59 Å². The lowest BCUT2D eigenvalue weighted by atomic mass is 9.77. The Morgan fingerprint density at radius 1 is 1.03 bits per heavy atom. The number of rotatable bonds is 10. The molecule has 0 unspecified atom stereocenters. The van der Waals surface area contributed by atoms with E-state index in [0.717, 1.165) is 58.2 Å². The molecule has 2 aliphatic heterocycles. The van der Waals surface area contributed by atoms with Crippen LogP contribution in [0.15, 0.2) is 30.3 Å². The number of nitrogens with one attached hydrogen (secondary N) is 2. The molecule has 1 aliphatic carbocycles. The number of hydrogen-bond acceptors (Lipinski definition) is 5. The molecule has 9 heteroatoms. The molecule has 3 N–H and O–H groups in total. The number of unbranched alkanes of at least 4 members (excludes halogenated alkanes) is 1. The lowest BCUT2D eigenvalue weighted by molar-refractivity contribution is -0.163. The summed E-state index contributed by atoms with van der Waals surface area (Å²) in [5.74, 6) is -0.138. The third kappa shape index (κ3) is 7.07. The van der Waals surface area contributed by atoms with Gasteiger partial charge in [0.1, 0.15) is 11.6 Å². The highest BCUT2D eigenvalue weighted by atomic mass is 35.5. The van der Waals surface area contributed by atoms with E-state index in [-0.39, 0.29) is 30.1 Å². The van der Waals surface area contributed by atoms with Gasteiger partial charge in [-0.05, 0) is 57.2 Å². The SMILES string of the molecule is CCCCN1C(=O)[C@@H](CC2(O)CCCCC2)NC(=O)C12CCN(CCCNC(=O)c1ccccc1)CC2.Cl. The van der Waals surface area contributed by atoms with Gasteiger partial charge >= 0.3 is 0 Å². The predicted molar refractivity (Wildman–Crippen MR) is 150 cm³/mol. The van der Waals surface area contributed by atoms with Crippen molar-refractivity contribution in [3.05, 3.63) is 35.9 Å². The molecule has 3 fully saturated rings. The molecule has 0 aromatic heterocycles. The zero-order chi connectivity index (χ0) is 26.3. The van der Waals surface area contributed by atoms with Crippen molar-refractivity contribution in [3.8, 4) is 0 Å². The third-order valence-corrected chi connectivity index (χ3v) is 8.57. The molecule has 2 saturated heterocycles. The zero-order valence-corrected chi connectivity index (χ0v) is 23.6. The van der Waals surface area contributed by atoms with Gasteiger partial charge in [-0.15, -0.1) is 12.4 Å². The molecular weight excluding hydrogens is 504 g/mol. The van der Waals surface area contributed by atoms with Crippen LogP contribution in [0, 0.1) is 0 Å². The standard InChI is InChI=1S/C29H44N4O4.ClH/c1-2-3-19-33-26(35)24(22-28(37)13-8-5-9-14-28)31-27(36)29(33)15-20-32(21-16-29)18-10-17-30-25(34)23-11-6-4-7-12-23;/h4,6-7,11-12,24,37H,2-3,5,8-10,13-22H2,1H3,(H,30,34)(H,31,36);1H/t24-;/m1./s1. The van der Waals surface area contributed by atoms with Crippen molar-refractivity contribution >= 4 is 30.1 Å². The van der Waals surface area contributed by atoms with E-state index < -0.39 is 17.2 Å². The van der Waals surface area contributed by atoms with Gasteiger partial charge in [-0.3, -0.25) is 14.4 Å². The summed E-state index contributed by atoms with van der Waals surface area (Å²) < 4.78 is 0. The second-order valence-corrected chi connectivity index (χ2v) is 11.2. The molecule has 3 aliphatic rings. The predicted octanol–water partition coefficient (Wildman–Crippen LogP) is 3.28. The van der Waals surface area contributed by atoms with Gasteiger partial charge < -0.3 is 25.5 Å². The van der Waals surface area contributed by atoms with Gasteiger partial charge in [0.15, 0.2) is 0 Å². The summed E-state index contributed by atoms with van der Waals surface area (Å²) in [5, 5.41) is 17.1. The van der Waals surface area contributed by atoms with Crippen LogP contribution < -0.4 is 10.6 Å². The first-order chi connectivity index (χ1) is 17.9. The average molecular weight is 549 g/mol. The number of carbonyl (C=O) groups is 3. The summed E-state index contributed by atoms with van der Waals surface area (Å²) in [6.45, 7) is 5.60. The normalized spacial score (nSPS) is 23.0. The first kappa shape index (κ1) is 30.4. The Morgan fingerprint density at radius 2 is 1.71 bits per heavy atom. The molecule has 8 nitrogen and oxygen atoms in total. The van der Waals surface area contributed by atoms with Crippen LogP contribution in [0.4, 0.5) is 0 Å². The molecule has 1 spiro atoms. The van der Waals surface area contributed by atoms with Crippen molar-refractivity contribution in [2.75, 3.05) is 32.7 Å². The minimum absolute atomic E-state index is 0. The first-order valence-corrected chi connectivity index (χ1v) is 14.3. The number of aliphatic hydroxyl groups is 1. The summed E-state index contributed by atoms with van der Waals surface area (Å²) in [6.07, 6.45) is 8.66. The van der Waals surface area contributed by atoms with E-state index in [4.69, 9.17) is 0 Å². The van der Waals surface area contributed by atoms with Crippen LogP contribution in [0.5, 0.6) is 0 Å². The number of hydrogen-bond donors (Lipinski definition) is 3. The average Bonchev–Trinajstić information content (AvgIpc) is 2.91. The van der Waals surface area contributed by atoms with Crippen LogP contribution in [0.2, 0.25) is 0 Å². The van der Waals surface area contributed by atoms with Crippen molar-refractivity contribution in [1.29, 1.82) is 0 Å². The second-order valence-electron chi connectivity index (χ2n) is 11.2. The molecule has 1 atom stereocenters. The van der Waals surface area contributed by atoms with Crippen molar-refractivity contribution in [1.82, 2.24) is 20.4 Å². The summed E-state index contributed by atoms with van der Waals surface area (Å²) >= 11 is 0. The molecule has 1 aromatic carbocycles. The molecule has 2 heterocycles. The molecule has 38 heavy (non-hydrogen) atoms. The van der Waals surface area contributed by atoms with E-state index in [0.29, 0.717) is 50.8 Å². The van der Waals surface area contributed by atoms with Crippen molar-refractivity contribution < 1.29 is 19.5 Å². The van der Waals surface area contributed by atoms with Crippen molar-refractivity contribution in [2.45, 2.75) is 94.7 Å². The number of amides is 3. The smallest absolute Gasteiger partial charge is 0.251 e. The van der Waals surface area contributed by atoms with E-state index in [9.17, 15) is 19.5 Å². The van der Waals surface area contributed by atoms with Crippen LogP contribution in [0.1, 0.15) is 87.9 Å². The lowest BCUT2D eigenvalue weighted by Crippen LogP contribution is -2.73. The highest BCUT2D eigenvalue weighted by Gasteiger charge is 2.54. The van der Waals surface area contributed by atoms with Crippen LogP contribution in [0.3, 0.4) is 0 Å². The molecular formula is C29H45ClN4O4. The minimum atomic E-state index is -0.855. The highest BCUT2D eigenvalue weighted by molar-refractivity contribution is 6.00. The van der Waals surface area contributed by atoms with E-state index in [1.807, 2.05) is 23.1 Å². The maximum absolute atomic E-state index is 13.7. The summed E-state index contributed by atoms with van der Waals surface area (Å²) in [6, 6.07) is 8.58. The number of piperazine rings is 1. The molecule has 0 bridgehead atoms. The maximum Gasteiger partial charge on any atom is 0.251 e. The summed E-state index contributed by atoms with van der Waals surface area (Å²) in [7, 11) is 0. The Bertz CT molecular complexity index is 930. The number of nitrogens with zero attached hydrogens (tertiary/aromatic N) is 2. The van der Waals surface area contributed by atoms with Gasteiger partial charge in [0.2, 0.25) is 11.8 Å². The fourth-order valence-electron chi connectivity index (χ4n) is 6.29. The first-order valence-electron chi connectivity index (χ1n) is 14.3. The second kappa shape index (κ2) is 13.8. The Kier molecular flexibility index (Phi) is 11.0. The van der Waals surface area contributed by atoms with Gasteiger partial charge in [0, 0.05) is 38.2 Å². The van der Waals surface area contributed by atoms with E-state index in [1.165, 1.54) is 0 Å². The highest BCUT2D eigenvalue weighted by Crippen LogP contribution is 2.37. The Labute approximate surface area is 233 Å². The van der Waals surface area contributed by atoms with Crippen LogP contribution in [-0.4, -0.2) is 82.5 Å². The van der Waals surface area contributed by atoms with E-state index in [1.54, 1.807) is 12.1 Å². The van der Waals surface area contributed by atoms with Gasteiger partial charge in [-0.2, -0.15) is 0 Å². The molecule has 0 radical (unpaired) electrons. The molecule has 4 rings (SSSR count). The fourth-order valence-corrected chi connectivity index (χ4v) is 6.29.